The summed E-state index contributed by atoms with van der Waals surface area (Å²) in [6.45, 7) is 3.91. The third-order valence-electron chi connectivity index (χ3n) is 3.12. The van der Waals surface area contributed by atoms with Crippen LogP contribution in [0.15, 0.2) is 40.8 Å². The van der Waals surface area contributed by atoms with Crippen molar-refractivity contribution in [1.82, 2.24) is 4.90 Å². The lowest BCUT2D eigenvalue weighted by atomic mass is 9.80. The van der Waals surface area contributed by atoms with Crippen LogP contribution in [0.5, 0.6) is 5.75 Å². The SMILES string of the molecule is Cc1ccc(CN(C)CCOc2cccc(B(O)O)c2)o1. The number of rotatable bonds is 7. The lowest BCUT2D eigenvalue weighted by Gasteiger charge is -2.15. The molecule has 2 N–H and O–H groups in total. The van der Waals surface area contributed by atoms with Gasteiger partial charge in [-0.1, -0.05) is 12.1 Å². The Morgan fingerprint density at radius 1 is 1.24 bits per heavy atom. The van der Waals surface area contributed by atoms with Crippen LogP contribution in [-0.2, 0) is 6.54 Å². The molecule has 1 aromatic carbocycles. The minimum absolute atomic E-state index is 0.423. The Morgan fingerprint density at radius 2 is 2.05 bits per heavy atom. The van der Waals surface area contributed by atoms with Gasteiger partial charge in [0.25, 0.3) is 0 Å². The lowest BCUT2D eigenvalue weighted by molar-refractivity contribution is 0.221. The Bertz CT molecular complexity index is 570. The summed E-state index contributed by atoms with van der Waals surface area (Å²) in [5.74, 6) is 2.47. The molecule has 0 aliphatic rings. The van der Waals surface area contributed by atoms with Gasteiger partial charge in [0.2, 0.25) is 0 Å². The molecule has 112 valence electrons. The lowest BCUT2D eigenvalue weighted by Crippen LogP contribution is -2.29. The van der Waals surface area contributed by atoms with Gasteiger partial charge in [0.05, 0.1) is 6.54 Å². The molecule has 6 heteroatoms. The van der Waals surface area contributed by atoms with E-state index in [1.807, 2.05) is 26.1 Å². The van der Waals surface area contributed by atoms with Gasteiger partial charge in [0.15, 0.2) is 0 Å². The van der Waals surface area contributed by atoms with E-state index in [-0.39, 0.29) is 0 Å². The summed E-state index contributed by atoms with van der Waals surface area (Å²) in [5.41, 5.74) is 0.423. The molecule has 0 bridgehead atoms. The van der Waals surface area contributed by atoms with Gasteiger partial charge in [0, 0.05) is 6.54 Å². The molecule has 21 heavy (non-hydrogen) atoms. The van der Waals surface area contributed by atoms with Crippen LogP contribution in [-0.4, -0.2) is 42.3 Å². The molecule has 0 atom stereocenters. The maximum Gasteiger partial charge on any atom is 0.488 e. The number of furan rings is 1. The second-order valence-electron chi connectivity index (χ2n) is 5.04. The van der Waals surface area contributed by atoms with Crippen molar-refractivity contribution in [1.29, 1.82) is 0 Å². The molecule has 1 aromatic heterocycles. The first-order valence-electron chi connectivity index (χ1n) is 6.87. The van der Waals surface area contributed by atoms with Gasteiger partial charge in [-0.15, -0.1) is 0 Å². The summed E-state index contributed by atoms with van der Waals surface area (Å²) >= 11 is 0. The molecule has 2 aromatic rings. The summed E-state index contributed by atoms with van der Waals surface area (Å²) in [4.78, 5) is 2.10. The Kier molecular flexibility index (Phi) is 5.44. The average molecular weight is 289 g/mol. The Morgan fingerprint density at radius 3 is 2.71 bits per heavy atom. The molecule has 0 amide bonds. The molecule has 5 nitrogen and oxygen atoms in total. The van der Waals surface area contributed by atoms with Crippen molar-refractivity contribution in [2.45, 2.75) is 13.5 Å². The van der Waals surface area contributed by atoms with Gasteiger partial charge >= 0.3 is 7.12 Å². The highest BCUT2D eigenvalue weighted by Gasteiger charge is 2.11. The van der Waals surface area contributed by atoms with Crippen molar-refractivity contribution in [2.24, 2.45) is 0 Å². The van der Waals surface area contributed by atoms with Crippen LogP contribution >= 0.6 is 0 Å². The minimum Gasteiger partial charge on any atom is -0.492 e. The summed E-state index contributed by atoms with van der Waals surface area (Å²) in [6.07, 6.45) is 0. The van der Waals surface area contributed by atoms with E-state index < -0.39 is 7.12 Å². The second-order valence-corrected chi connectivity index (χ2v) is 5.04. The van der Waals surface area contributed by atoms with Crippen LogP contribution in [0.3, 0.4) is 0 Å². The predicted molar refractivity (Wildman–Crippen MR) is 81.5 cm³/mol. The van der Waals surface area contributed by atoms with E-state index >= 15 is 0 Å². The molecule has 0 saturated heterocycles. The smallest absolute Gasteiger partial charge is 0.488 e. The zero-order valence-corrected chi connectivity index (χ0v) is 12.3. The molecular formula is C15H20BNO4. The summed E-state index contributed by atoms with van der Waals surface area (Å²) in [7, 11) is 0.521. The van der Waals surface area contributed by atoms with Crippen LogP contribution in [0.1, 0.15) is 11.5 Å². The van der Waals surface area contributed by atoms with E-state index in [9.17, 15) is 0 Å². The third-order valence-corrected chi connectivity index (χ3v) is 3.12. The molecule has 2 rings (SSSR count). The van der Waals surface area contributed by atoms with Crippen molar-refractivity contribution in [3.63, 3.8) is 0 Å². The molecular weight excluding hydrogens is 269 g/mol. The highest BCUT2D eigenvalue weighted by atomic mass is 16.5. The molecule has 0 fully saturated rings. The third kappa shape index (κ3) is 4.93. The number of benzene rings is 1. The van der Waals surface area contributed by atoms with E-state index in [0.29, 0.717) is 17.8 Å². The van der Waals surface area contributed by atoms with Crippen molar-refractivity contribution >= 4 is 12.6 Å². The second kappa shape index (κ2) is 7.31. The van der Waals surface area contributed by atoms with E-state index in [4.69, 9.17) is 19.2 Å². The summed E-state index contributed by atoms with van der Waals surface area (Å²) in [6, 6.07) is 10.7. The van der Waals surface area contributed by atoms with Crippen molar-refractivity contribution < 1.29 is 19.2 Å². The molecule has 0 spiro atoms. The van der Waals surface area contributed by atoms with Crippen LogP contribution in [0.25, 0.3) is 0 Å². The zero-order chi connectivity index (χ0) is 15.2. The topological polar surface area (TPSA) is 66.1 Å². The van der Waals surface area contributed by atoms with Gasteiger partial charge in [-0.05, 0) is 43.7 Å². The highest BCUT2D eigenvalue weighted by Crippen LogP contribution is 2.10. The van der Waals surface area contributed by atoms with Gasteiger partial charge < -0.3 is 19.2 Å². The predicted octanol–water partition coefficient (Wildman–Crippen LogP) is 0.779. The van der Waals surface area contributed by atoms with E-state index in [2.05, 4.69) is 4.90 Å². The van der Waals surface area contributed by atoms with Crippen LogP contribution in [0, 0.1) is 6.92 Å². The van der Waals surface area contributed by atoms with E-state index in [1.54, 1.807) is 24.3 Å². The molecule has 0 aliphatic carbocycles. The van der Waals surface area contributed by atoms with Crippen molar-refractivity contribution in [3.8, 4) is 5.75 Å². The maximum atomic E-state index is 9.11. The Labute approximate surface area is 124 Å². The van der Waals surface area contributed by atoms with E-state index in [0.717, 1.165) is 24.6 Å². The molecule has 0 radical (unpaired) electrons. The van der Waals surface area contributed by atoms with Crippen molar-refractivity contribution in [2.75, 3.05) is 20.2 Å². The standard InChI is InChI=1S/C15H20BNO4/c1-12-6-7-15(21-12)11-17(2)8-9-20-14-5-3-4-13(10-14)16(18)19/h3-7,10,18-19H,8-9,11H2,1-2H3. The van der Waals surface area contributed by atoms with Gasteiger partial charge in [-0.3, -0.25) is 4.90 Å². The summed E-state index contributed by atoms with van der Waals surface area (Å²) < 4.78 is 11.1. The first-order valence-corrected chi connectivity index (χ1v) is 6.87. The Balaban J connectivity index is 1.77. The van der Waals surface area contributed by atoms with Crippen LogP contribution < -0.4 is 10.2 Å². The number of ether oxygens (including phenoxy) is 1. The normalized spacial score (nSPS) is 10.9. The number of nitrogens with zero attached hydrogens (tertiary/aromatic N) is 1. The number of hydrogen-bond acceptors (Lipinski definition) is 5. The molecule has 0 aliphatic heterocycles. The fourth-order valence-corrected chi connectivity index (χ4v) is 2.00. The summed E-state index contributed by atoms with van der Waals surface area (Å²) in [5, 5.41) is 18.2. The van der Waals surface area contributed by atoms with Crippen molar-refractivity contribution in [3.05, 3.63) is 47.9 Å². The quantitative estimate of drug-likeness (QED) is 0.737. The fraction of sp³-hybridized carbons (Fsp3) is 0.333. The molecule has 0 unspecified atom stereocenters. The first kappa shape index (κ1) is 15.6. The zero-order valence-electron chi connectivity index (χ0n) is 12.3. The first-order chi connectivity index (χ1) is 10.0. The largest absolute Gasteiger partial charge is 0.492 e. The number of hydrogen-bond donors (Lipinski definition) is 2. The monoisotopic (exact) mass is 289 g/mol. The van der Waals surface area contributed by atoms with Gasteiger partial charge in [-0.25, -0.2) is 0 Å². The Hall–Kier alpha value is -1.76. The van der Waals surface area contributed by atoms with Gasteiger partial charge in [-0.2, -0.15) is 0 Å². The van der Waals surface area contributed by atoms with E-state index in [1.165, 1.54) is 0 Å². The minimum atomic E-state index is -1.47. The fourth-order valence-electron chi connectivity index (χ4n) is 2.00. The molecule has 0 saturated carbocycles. The number of aryl methyl sites for hydroxylation is 1. The highest BCUT2D eigenvalue weighted by molar-refractivity contribution is 6.58. The number of likely N-dealkylation sites (N-methyl/N-ethyl adjacent to an activating group) is 1. The van der Waals surface area contributed by atoms with Gasteiger partial charge in [0.1, 0.15) is 23.9 Å². The van der Waals surface area contributed by atoms with Crippen LogP contribution in [0.4, 0.5) is 0 Å². The average Bonchev–Trinajstić information content (AvgIpc) is 2.84. The maximum absolute atomic E-state index is 9.11. The molecule has 1 heterocycles. The van der Waals surface area contributed by atoms with Crippen LogP contribution in [0.2, 0.25) is 0 Å².